The first kappa shape index (κ1) is 19.7. The zero-order valence-electron chi connectivity index (χ0n) is 15.5. The molecule has 138 valence electrons. The second kappa shape index (κ2) is 9.20. The highest BCUT2D eigenvalue weighted by atomic mass is 32.2. The van der Waals surface area contributed by atoms with Gasteiger partial charge in [-0.2, -0.15) is 0 Å². The van der Waals surface area contributed by atoms with E-state index in [1.165, 1.54) is 16.8 Å². The summed E-state index contributed by atoms with van der Waals surface area (Å²) in [5.41, 5.74) is 2.70. The van der Waals surface area contributed by atoms with Crippen LogP contribution in [0, 0.1) is 6.92 Å². The van der Waals surface area contributed by atoms with Crippen molar-refractivity contribution in [2.24, 2.45) is 0 Å². The molecule has 0 bridgehead atoms. The Balaban J connectivity index is 2.37. The number of rotatable bonds is 10. The van der Waals surface area contributed by atoms with Crippen LogP contribution in [0.3, 0.4) is 0 Å². The summed E-state index contributed by atoms with van der Waals surface area (Å²) in [5.74, 6) is 0. The number of benzene rings is 1. The van der Waals surface area contributed by atoms with E-state index in [9.17, 15) is 8.42 Å². The van der Waals surface area contributed by atoms with Crippen molar-refractivity contribution in [2.75, 3.05) is 13.7 Å². The average Bonchev–Trinajstić information content (AvgIpc) is 3.01. The van der Waals surface area contributed by atoms with Crippen LogP contribution in [0.5, 0.6) is 0 Å². The molecule has 0 N–H and O–H groups in total. The van der Waals surface area contributed by atoms with Gasteiger partial charge in [0.2, 0.25) is 0 Å². The molecule has 1 aromatic carbocycles. The Morgan fingerprint density at radius 1 is 0.920 bits per heavy atom. The highest BCUT2D eigenvalue weighted by Gasteiger charge is 2.22. The minimum Gasteiger partial charge on any atom is -0.384 e. The standard InChI is InChI=1S/C20H29NO3S/c1-4-5-6-7-8-18-11-12-19(15-16-24-3)21(18)25(22,23)20-13-9-17(2)10-14-20/h9-14H,4-8,15-16H2,1-3H3. The lowest BCUT2D eigenvalue weighted by atomic mass is 10.1. The number of aryl methyl sites for hydroxylation is 2. The minimum atomic E-state index is -3.59. The molecule has 0 amide bonds. The van der Waals surface area contributed by atoms with Gasteiger partial charge in [-0.1, -0.05) is 43.9 Å². The molecule has 0 spiro atoms. The third-order valence-electron chi connectivity index (χ3n) is 4.40. The SMILES string of the molecule is CCCCCCc1ccc(CCOC)n1S(=O)(=O)c1ccc(C)cc1. The van der Waals surface area contributed by atoms with Crippen LogP contribution in [0.15, 0.2) is 41.3 Å². The van der Waals surface area contributed by atoms with E-state index >= 15 is 0 Å². The number of unbranched alkanes of at least 4 members (excludes halogenated alkanes) is 3. The van der Waals surface area contributed by atoms with Crippen molar-refractivity contribution in [1.29, 1.82) is 0 Å². The number of methoxy groups -OCH3 is 1. The Kier molecular flexibility index (Phi) is 7.26. The van der Waals surface area contributed by atoms with Gasteiger partial charge in [-0.15, -0.1) is 0 Å². The van der Waals surface area contributed by atoms with E-state index in [1.54, 1.807) is 19.2 Å². The van der Waals surface area contributed by atoms with Gasteiger partial charge in [-0.05, 0) is 44.0 Å². The van der Waals surface area contributed by atoms with Crippen LogP contribution < -0.4 is 0 Å². The second-order valence-corrected chi connectivity index (χ2v) is 8.24. The molecule has 25 heavy (non-hydrogen) atoms. The number of hydrogen-bond donors (Lipinski definition) is 0. The Morgan fingerprint density at radius 2 is 1.56 bits per heavy atom. The molecule has 1 aromatic heterocycles. The number of aromatic nitrogens is 1. The molecule has 4 nitrogen and oxygen atoms in total. The van der Waals surface area contributed by atoms with Crippen molar-refractivity contribution < 1.29 is 13.2 Å². The molecular formula is C20H29NO3S. The maximum atomic E-state index is 13.2. The summed E-state index contributed by atoms with van der Waals surface area (Å²) in [6.45, 7) is 4.63. The first-order chi connectivity index (χ1) is 12.0. The first-order valence-corrected chi connectivity index (χ1v) is 10.5. The van der Waals surface area contributed by atoms with Gasteiger partial charge in [0, 0.05) is 24.9 Å². The molecule has 0 unspecified atom stereocenters. The normalized spacial score (nSPS) is 11.8. The van der Waals surface area contributed by atoms with Crippen LogP contribution in [0.2, 0.25) is 0 Å². The van der Waals surface area contributed by atoms with Gasteiger partial charge in [0.05, 0.1) is 11.5 Å². The fraction of sp³-hybridized carbons (Fsp3) is 0.500. The lowest BCUT2D eigenvalue weighted by Crippen LogP contribution is -2.19. The summed E-state index contributed by atoms with van der Waals surface area (Å²) < 4.78 is 33.1. The zero-order valence-corrected chi connectivity index (χ0v) is 16.3. The summed E-state index contributed by atoms with van der Waals surface area (Å²) in [6.07, 6.45) is 5.84. The zero-order chi connectivity index (χ0) is 18.3. The highest BCUT2D eigenvalue weighted by molar-refractivity contribution is 7.90. The van der Waals surface area contributed by atoms with E-state index in [0.29, 0.717) is 17.9 Å². The molecule has 2 rings (SSSR count). The quantitative estimate of drug-likeness (QED) is 0.590. The van der Waals surface area contributed by atoms with Crippen LogP contribution in [0.25, 0.3) is 0 Å². The maximum Gasteiger partial charge on any atom is 0.268 e. The van der Waals surface area contributed by atoms with Crippen LogP contribution >= 0.6 is 0 Å². The van der Waals surface area contributed by atoms with Crippen molar-refractivity contribution in [2.45, 2.75) is 57.3 Å². The van der Waals surface area contributed by atoms with Crippen molar-refractivity contribution in [3.63, 3.8) is 0 Å². The highest BCUT2D eigenvalue weighted by Crippen LogP contribution is 2.22. The minimum absolute atomic E-state index is 0.336. The van der Waals surface area contributed by atoms with Gasteiger partial charge in [0.15, 0.2) is 0 Å². The maximum absolute atomic E-state index is 13.2. The Hall–Kier alpha value is -1.59. The largest absolute Gasteiger partial charge is 0.384 e. The molecule has 0 aliphatic heterocycles. The molecule has 5 heteroatoms. The second-order valence-electron chi connectivity index (χ2n) is 6.45. The summed E-state index contributed by atoms with van der Waals surface area (Å²) in [4.78, 5) is 0.336. The van der Waals surface area contributed by atoms with E-state index < -0.39 is 10.0 Å². The summed E-state index contributed by atoms with van der Waals surface area (Å²) in [6, 6.07) is 10.9. The van der Waals surface area contributed by atoms with Crippen molar-refractivity contribution >= 4 is 10.0 Å². The summed E-state index contributed by atoms with van der Waals surface area (Å²) >= 11 is 0. The predicted octanol–water partition coefficient (Wildman–Crippen LogP) is 4.35. The number of nitrogens with zero attached hydrogens (tertiary/aromatic N) is 1. The third kappa shape index (κ3) is 4.95. The topological polar surface area (TPSA) is 48.3 Å². The van der Waals surface area contributed by atoms with E-state index in [2.05, 4.69) is 6.92 Å². The van der Waals surface area contributed by atoms with Gasteiger partial charge in [-0.25, -0.2) is 12.4 Å². The monoisotopic (exact) mass is 363 g/mol. The van der Waals surface area contributed by atoms with Crippen LogP contribution in [-0.4, -0.2) is 26.1 Å². The van der Waals surface area contributed by atoms with E-state index in [1.807, 2.05) is 31.2 Å². The van der Waals surface area contributed by atoms with Crippen LogP contribution in [-0.2, 0) is 27.6 Å². The van der Waals surface area contributed by atoms with E-state index in [-0.39, 0.29) is 0 Å². The fourth-order valence-corrected chi connectivity index (χ4v) is 4.56. The van der Waals surface area contributed by atoms with Crippen LogP contribution in [0.1, 0.15) is 49.6 Å². The molecule has 0 saturated carbocycles. The van der Waals surface area contributed by atoms with E-state index in [4.69, 9.17) is 4.74 Å². The molecule has 2 aromatic rings. The first-order valence-electron chi connectivity index (χ1n) is 9.01. The van der Waals surface area contributed by atoms with Crippen molar-refractivity contribution in [3.8, 4) is 0 Å². The Morgan fingerprint density at radius 3 is 2.16 bits per heavy atom. The molecule has 0 radical (unpaired) electrons. The van der Waals surface area contributed by atoms with Gasteiger partial charge >= 0.3 is 0 Å². The molecule has 1 heterocycles. The van der Waals surface area contributed by atoms with Crippen molar-refractivity contribution in [3.05, 3.63) is 53.3 Å². The van der Waals surface area contributed by atoms with Crippen molar-refractivity contribution in [1.82, 2.24) is 3.97 Å². The van der Waals surface area contributed by atoms with Gasteiger partial charge in [0.1, 0.15) is 0 Å². The molecular weight excluding hydrogens is 334 g/mol. The number of hydrogen-bond acceptors (Lipinski definition) is 3. The fourth-order valence-electron chi connectivity index (χ4n) is 2.95. The van der Waals surface area contributed by atoms with Crippen LogP contribution in [0.4, 0.5) is 0 Å². The molecule has 0 fully saturated rings. The molecule has 0 saturated heterocycles. The Bertz CT molecular complexity index is 761. The van der Waals surface area contributed by atoms with E-state index in [0.717, 1.165) is 36.2 Å². The van der Waals surface area contributed by atoms with Gasteiger partial charge < -0.3 is 4.74 Å². The summed E-state index contributed by atoms with van der Waals surface area (Å²) in [7, 11) is -1.95. The lowest BCUT2D eigenvalue weighted by molar-refractivity contribution is 0.201. The molecule has 0 aliphatic carbocycles. The van der Waals surface area contributed by atoms with Gasteiger partial charge in [-0.3, -0.25) is 0 Å². The number of ether oxygens (including phenoxy) is 1. The average molecular weight is 364 g/mol. The molecule has 0 aliphatic rings. The predicted molar refractivity (Wildman–Crippen MR) is 102 cm³/mol. The molecule has 0 atom stereocenters. The smallest absolute Gasteiger partial charge is 0.268 e. The summed E-state index contributed by atoms with van der Waals surface area (Å²) in [5, 5.41) is 0. The third-order valence-corrected chi connectivity index (χ3v) is 6.22. The lowest BCUT2D eigenvalue weighted by Gasteiger charge is -2.15. The Labute approximate surface area is 151 Å². The van der Waals surface area contributed by atoms with Gasteiger partial charge in [0.25, 0.3) is 10.0 Å².